The predicted molar refractivity (Wildman–Crippen MR) is 40.9 cm³/mol. The number of hydrogen-bond donors (Lipinski definition) is 0. The van der Waals surface area contributed by atoms with Gasteiger partial charge in [-0.2, -0.15) is 0 Å². The Morgan fingerprint density at radius 1 is 1.33 bits per heavy atom. The Labute approximate surface area is 60.0 Å². The van der Waals surface area contributed by atoms with E-state index in [1.807, 2.05) is 20.8 Å². The van der Waals surface area contributed by atoms with E-state index in [4.69, 9.17) is 0 Å². The molecule has 0 amide bonds. The zero-order chi connectivity index (χ0) is 7.07. The third-order valence-electron chi connectivity index (χ3n) is 1.43. The molecule has 1 fully saturated rings. The molecule has 0 aromatic rings. The van der Waals surface area contributed by atoms with E-state index in [1.54, 1.807) is 0 Å². The molecule has 1 atom stereocenters. The highest BCUT2D eigenvalue weighted by molar-refractivity contribution is 7.93. The maximum atomic E-state index is 11.3. The van der Waals surface area contributed by atoms with Crippen LogP contribution < -0.4 is 0 Å². The Kier molecular flexibility index (Phi) is 1.79. The van der Waals surface area contributed by atoms with Crippen LogP contribution >= 0.6 is 0 Å². The third-order valence-corrected chi connectivity index (χ3v) is 3.71. The molecular formula is C7H14OS. The fourth-order valence-corrected chi connectivity index (χ4v) is 2.35. The van der Waals surface area contributed by atoms with Crippen LogP contribution in [0.5, 0.6) is 0 Å². The lowest BCUT2D eigenvalue weighted by Gasteiger charge is -2.23. The third kappa shape index (κ3) is 1.87. The van der Waals surface area contributed by atoms with Crippen molar-refractivity contribution in [2.75, 3.05) is 0 Å². The molecule has 0 heterocycles. The van der Waals surface area contributed by atoms with Crippen LogP contribution in [0.4, 0.5) is 0 Å². The first kappa shape index (κ1) is 7.42. The minimum absolute atomic E-state index is 0.0150. The van der Waals surface area contributed by atoms with Crippen molar-refractivity contribution in [3.8, 4) is 0 Å². The van der Waals surface area contributed by atoms with Crippen LogP contribution in [-0.4, -0.2) is 14.5 Å². The van der Waals surface area contributed by atoms with E-state index in [2.05, 4.69) is 0 Å². The minimum Gasteiger partial charge on any atom is -0.616 e. The minimum atomic E-state index is -0.578. The molecule has 1 saturated carbocycles. The normalized spacial score (nSPS) is 24.0. The standard InChI is InChI=1S/C7H14OS/c1-7(2,3)9(8)6-4-5-6/h6H,4-5H2,1-3H3. The molecule has 54 valence electrons. The van der Waals surface area contributed by atoms with Crippen LogP contribution in [0.3, 0.4) is 0 Å². The molecule has 0 spiro atoms. The SMILES string of the molecule is CC(C)(C)[S+]([O-])C1CC1. The van der Waals surface area contributed by atoms with Gasteiger partial charge in [-0.3, -0.25) is 0 Å². The van der Waals surface area contributed by atoms with Crippen molar-refractivity contribution >= 4 is 11.2 Å². The summed E-state index contributed by atoms with van der Waals surface area (Å²) < 4.78 is 11.4. The monoisotopic (exact) mass is 146 g/mol. The molecule has 1 aliphatic rings. The van der Waals surface area contributed by atoms with Crippen LogP contribution in [0, 0.1) is 0 Å². The van der Waals surface area contributed by atoms with Gasteiger partial charge in [0.05, 0.1) is 0 Å². The first-order valence-corrected chi connectivity index (χ1v) is 4.64. The van der Waals surface area contributed by atoms with Gasteiger partial charge in [-0.05, 0) is 44.8 Å². The van der Waals surface area contributed by atoms with Gasteiger partial charge in [0, 0.05) is 0 Å². The lowest BCUT2D eigenvalue weighted by Crippen LogP contribution is -2.31. The molecule has 0 bridgehead atoms. The summed E-state index contributed by atoms with van der Waals surface area (Å²) in [7, 11) is 0. The first-order chi connectivity index (χ1) is 4.02. The zero-order valence-corrected chi connectivity index (χ0v) is 7.12. The van der Waals surface area contributed by atoms with Crippen molar-refractivity contribution in [1.29, 1.82) is 0 Å². The second-order valence-corrected chi connectivity index (χ2v) is 6.10. The van der Waals surface area contributed by atoms with E-state index < -0.39 is 11.2 Å². The van der Waals surface area contributed by atoms with Gasteiger partial charge < -0.3 is 4.55 Å². The molecule has 1 nitrogen and oxygen atoms in total. The summed E-state index contributed by atoms with van der Waals surface area (Å²) in [5, 5.41) is 0.532. The van der Waals surface area contributed by atoms with Crippen LogP contribution in [0.15, 0.2) is 0 Å². The number of rotatable bonds is 1. The van der Waals surface area contributed by atoms with Crippen molar-refractivity contribution in [1.82, 2.24) is 0 Å². The summed E-state index contributed by atoms with van der Waals surface area (Å²) in [5.74, 6) is 0. The Balaban J connectivity index is 2.40. The molecule has 0 aliphatic heterocycles. The highest BCUT2D eigenvalue weighted by atomic mass is 32.2. The molecule has 2 heteroatoms. The van der Waals surface area contributed by atoms with Crippen molar-refractivity contribution in [2.45, 2.75) is 43.6 Å². The number of hydrogen-bond acceptors (Lipinski definition) is 1. The molecule has 0 aromatic heterocycles. The fraction of sp³-hybridized carbons (Fsp3) is 1.00. The molecule has 0 aromatic carbocycles. The highest BCUT2D eigenvalue weighted by Crippen LogP contribution is 2.35. The lowest BCUT2D eigenvalue weighted by atomic mass is 10.3. The summed E-state index contributed by atoms with van der Waals surface area (Å²) >= 11 is -0.578. The molecule has 0 radical (unpaired) electrons. The van der Waals surface area contributed by atoms with E-state index in [0.29, 0.717) is 5.25 Å². The summed E-state index contributed by atoms with van der Waals surface area (Å²) in [6.07, 6.45) is 2.37. The van der Waals surface area contributed by atoms with E-state index in [0.717, 1.165) is 0 Å². The second-order valence-electron chi connectivity index (χ2n) is 3.61. The van der Waals surface area contributed by atoms with E-state index in [-0.39, 0.29) is 4.75 Å². The van der Waals surface area contributed by atoms with Crippen LogP contribution in [0.1, 0.15) is 33.6 Å². The van der Waals surface area contributed by atoms with Crippen LogP contribution in [0.25, 0.3) is 0 Å². The molecule has 0 saturated heterocycles. The van der Waals surface area contributed by atoms with Gasteiger partial charge in [0.2, 0.25) is 0 Å². The van der Waals surface area contributed by atoms with E-state index in [9.17, 15) is 4.55 Å². The van der Waals surface area contributed by atoms with Crippen molar-refractivity contribution < 1.29 is 4.55 Å². The van der Waals surface area contributed by atoms with Gasteiger partial charge in [-0.1, -0.05) is 0 Å². The fourth-order valence-electron chi connectivity index (χ4n) is 0.782. The lowest BCUT2D eigenvalue weighted by molar-refractivity contribution is 0.558. The first-order valence-electron chi connectivity index (χ1n) is 3.42. The quantitative estimate of drug-likeness (QED) is 0.516. The van der Waals surface area contributed by atoms with Gasteiger partial charge in [-0.25, -0.2) is 0 Å². The van der Waals surface area contributed by atoms with Gasteiger partial charge in [0.15, 0.2) is 0 Å². The van der Waals surface area contributed by atoms with Gasteiger partial charge >= 0.3 is 0 Å². The Morgan fingerprint density at radius 3 is 1.89 bits per heavy atom. The Hall–Kier alpha value is 0.310. The van der Waals surface area contributed by atoms with Crippen molar-refractivity contribution in [3.63, 3.8) is 0 Å². The highest BCUT2D eigenvalue weighted by Gasteiger charge is 2.41. The van der Waals surface area contributed by atoms with Crippen LogP contribution in [0.2, 0.25) is 0 Å². The van der Waals surface area contributed by atoms with E-state index in [1.165, 1.54) is 12.8 Å². The average molecular weight is 146 g/mol. The molecular weight excluding hydrogens is 132 g/mol. The zero-order valence-electron chi connectivity index (χ0n) is 6.31. The maximum Gasteiger partial charge on any atom is 0.117 e. The Bertz CT molecular complexity index is 102. The Morgan fingerprint density at radius 2 is 1.78 bits per heavy atom. The topological polar surface area (TPSA) is 23.1 Å². The van der Waals surface area contributed by atoms with Gasteiger partial charge in [0.25, 0.3) is 0 Å². The van der Waals surface area contributed by atoms with Gasteiger partial charge in [0.1, 0.15) is 10.00 Å². The molecule has 1 aliphatic carbocycles. The summed E-state index contributed by atoms with van der Waals surface area (Å²) in [6.45, 7) is 6.13. The smallest absolute Gasteiger partial charge is 0.117 e. The summed E-state index contributed by atoms with van der Waals surface area (Å²) in [6, 6.07) is 0. The molecule has 9 heavy (non-hydrogen) atoms. The predicted octanol–water partition coefficient (Wildman–Crippen LogP) is 1.70. The average Bonchev–Trinajstić information content (AvgIpc) is 2.40. The van der Waals surface area contributed by atoms with Gasteiger partial charge in [-0.15, -0.1) is 0 Å². The van der Waals surface area contributed by atoms with Crippen molar-refractivity contribution in [2.24, 2.45) is 0 Å². The van der Waals surface area contributed by atoms with Crippen LogP contribution in [-0.2, 0) is 11.2 Å². The molecule has 1 unspecified atom stereocenters. The summed E-state index contributed by atoms with van der Waals surface area (Å²) in [5.41, 5.74) is 0. The second kappa shape index (κ2) is 2.17. The maximum absolute atomic E-state index is 11.3. The summed E-state index contributed by atoms with van der Waals surface area (Å²) in [4.78, 5) is 0. The van der Waals surface area contributed by atoms with Crippen molar-refractivity contribution in [3.05, 3.63) is 0 Å². The molecule has 0 N–H and O–H groups in total. The largest absolute Gasteiger partial charge is 0.616 e. The van der Waals surface area contributed by atoms with E-state index >= 15 is 0 Å². The molecule has 1 rings (SSSR count).